The highest BCUT2D eigenvalue weighted by Crippen LogP contribution is 2.31. The van der Waals surface area contributed by atoms with Crippen molar-refractivity contribution in [2.24, 2.45) is 5.92 Å². The van der Waals surface area contributed by atoms with E-state index in [1.165, 1.54) is 0 Å². The van der Waals surface area contributed by atoms with Crippen LogP contribution in [0.5, 0.6) is 0 Å². The predicted molar refractivity (Wildman–Crippen MR) is 94.6 cm³/mol. The summed E-state index contributed by atoms with van der Waals surface area (Å²) in [5, 5.41) is 12.3. The molecule has 1 unspecified atom stereocenters. The molecule has 2 N–H and O–H groups in total. The maximum Gasteiger partial charge on any atom is 0.269 e. The maximum atomic E-state index is 12.6. The molecule has 1 aromatic heterocycles. The highest BCUT2D eigenvalue weighted by Gasteiger charge is 2.31. The molecule has 5 nitrogen and oxygen atoms in total. The van der Waals surface area contributed by atoms with E-state index < -0.39 is 0 Å². The molecule has 0 radical (unpaired) electrons. The number of benzene rings is 1. The quantitative estimate of drug-likeness (QED) is 0.793. The van der Waals surface area contributed by atoms with Crippen molar-refractivity contribution in [1.82, 2.24) is 10.3 Å². The molecule has 25 heavy (non-hydrogen) atoms. The van der Waals surface area contributed by atoms with E-state index in [4.69, 9.17) is 0 Å². The Morgan fingerprint density at radius 1 is 1.20 bits per heavy atom. The lowest BCUT2D eigenvalue weighted by Crippen LogP contribution is -2.33. The minimum absolute atomic E-state index is 0.0293. The summed E-state index contributed by atoms with van der Waals surface area (Å²) >= 11 is 0. The number of hydrogen-bond acceptors (Lipinski definition) is 4. The van der Waals surface area contributed by atoms with Crippen molar-refractivity contribution < 1.29 is 14.7 Å². The Morgan fingerprint density at radius 3 is 2.56 bits per heavy atom. The van der Waals surface area contributed by atoms with Crippen molar-refractivity contribution in [3.8, 4) is 0 Å². The van der Waals surface area contributed by atoms with E-state index >= 15 is 0 Å². The van der Waals surface area contributed by atoms with Gasteiger partial charge in [0.2, 0.25) is 0 Å². The number of Topliss-reactive ketones (excluding diaryl/α,β-unsaturated/α-hetero) is 1. The Kier molecular flexibility index (Phi) is 5.24. The van der Waals surface area contributed by atoms with Crippen molar-refractivity contribution in [3.63, 3.8) is 0 Å². The van der Waals surface area contributed by atoms with E-state index in [1.807, 2.05) is 30.3 Å². The summed E-state index contributed by atoms with van der Waals surface area (Å²) in [4.78, 5) is 29.0. The highest BCUT2D eigenvalue weighted by atomic mass is 16.3. The summed E-state index contributed by atoms with van der Waals surface area (Å²) in [6.45, 7) is 0. The normalized spacial score (nSPS) is 19.1. The SMILES string of the molecule is CNC(=O)c1cc(C(=O)CC2CC[C@@H]2O)cc(Cc2ccccc2)n1. The lowest BCUT2D eigenvalue weighted by atomic mass is 9.78. The van der Waals surface area contributed by atoms with Crippen molar-refractivity contribution in [2.45, 2.75) is 31.8 Å². The van der Waals surface area contributed by atoms with Crippen molar-refractivity contribution >= 4 is 11.7 Å². The Bertz CT molecular complexity index is 774. The van der Waals surface area contributed by atoms with Crippen LogP contribution < -0.4 is 5.32 Å². The summed E-state index contributed by atoms with van der Waals surface area (Å²) in [5.41, 5.74) is 2.48. The molecule has 3 rings (SSSR count). The number of nitrogens with zero attached hydrogens (tertiary/aromatic N) is 1. The summed E-state index contributed by atoms with van der Waals surface area (Å²) in [6, 6.07) is 13.1. The van der Waals surface area contributed by atoms with Crippen LogP contribution in [-0.4, -0.2) is 34.9 Å². The smallest absolute Gasteiger partial charge is 0.269 e. The van der Waals surface area contributed by atoms with Gasteiger partial charge in [-0.1, -0.05) is 30.3 Å². The fourth-order valence-electron chi connectivity index (χ4n) is 3.03. The van der Waals surface area contributed by atoms with Crippen molar-refractivity contribution in [1.29, 1.82) is 0 Å². The predicted octanol–water partition coefficient (Wildman–Crippen LogP) is 2.38. The van der Waals surface area contributed by atoms with Gasteiger partial charge in [-0.3, -0.25) is 9.59 Å². The lowest BCUT2D eigenvalue weighted by molar-refractivity contribution is 0.0198. The van der Waals surface area contributed by atoms with Crippen molar-refractivity contribution in [2.75, 3.05) is 7.05 Å². The molecule has 0 aliphatic heterocycles. The van der Waals surface area contributed by atoms with Crippen LogP contribution >= 0.6 is 0 Å². The molecule has 2 atom stereocenters. The monoisotopic (exact) mass is 338 g/mol. The fourth-order valence-corrected chi connectivity index (χ4v) is 3.03. The van der Waals surface area contributed by atoms with E-state index in [2.05, 4.69) is 10.3 Å². The third-order valence-corrected chi connectivity index (χ3v) is 4.71. The highest BCUT2D eigenvalue weighted by molar-refractivity contribution is 5.99. The Morgan fingerprint density at radius 2 is 1.96 bits per heavy atom. The van der Waals surface area contributed by atoms with Crippen LogP contribution in [0.25, 0.3) is 0 Å². The second kappa shape index (κ2) is 7.57. The number of aliphatic hydroxyl groups is 1. The topological polar surface area (TPSA) is 79.3 Å². The minimum atomic E-state index is -0.381. The Hall–Kier alpha value is -2.53. The van der Waals surface area contributed by atoms with Gasteiger partial charge in [0.15, 0.2) is 5.78 Å². The van der Waals surface area contributed by atoms with Crippen LogP contribution in [0.3, 0.4) is 0 Å². The zero-order valence-electron chi connectivity index (χ0n) is 14.2. The van der Waals surface area contributed by atoms with Crippen LogP contribution in [0.2, 0.25) is 0 Å². The van der Waals surface area contributed by atoms with E-state index in [9.17, 15) is 14.7 Å². The van der Waals surface area contributed by atoms with Gasteiger partial charge in [-0.05, 0) is 36.5 Å². The summed E-state index contributed by atoms with van der Waals surface area (Å²) < 4.78 is 0. The van der Waals surface area contributed by atoms with Gasteiger partial charge in [0.25, 0.3) is 5.91 Å². The van der Waals surface area contributed by atoms with Crippen LogP contribution in [0.4, 0.5) is 0 Å². The average Bonchev–Trinajstić information content (AvgIpc) is 2.64. The molecule has 130 valence electrons. The molecule has 1 aromatic carbocycles. The van der Waals surface area contributed by atoms with E-state index in [-0.39, 0.29) is 29.4 Å². The maximum absolute atomic E-state index is 12.6. The number of carbonyl (C=O) groups excluding carboxylic acids is 2. The van der Waals surface area contributed by atoms with E-state index in [0.29, 0.717) is 24.1 Å². The molecular formula is C20H22N2O3. The molecular weight excluding hydrogens is 316 g/mol. The third-order valence-electron chi connectivity index (χ3n) is 4.71. The summed E-state index contributed by atoms with van der Waals surface area (Å²) in [7, 11) is 1.54. The van der Waals surface area contributed by atoms with Gasteiger partial charge < -0.3 is 10.4 Å². The van der Waals surface area contributed by atoms with Gasteiger partial charge in [-0.15, -0.1) is 0 Å². The second-order valence-electron chi connectivity index (χ2n) is 6.51. The second-order valence-corrected chi connectivity index (χ2v) is 6.51. The number of aliphatic hydroxyl groups excluding tert-OH is 1. The first-order valence-electron chi connectivity index (χ1n) is 8.55. The third kappa shape index (κ3) is 4.12. The number of ketones is 1. The molecule has 1 aliphatic rings. The number of hydrogen-bond donors (Lipinski definition) is 2. The Labute approximate surface area is 147 Å². The zero-order valence-corrected chi connectivity index (χ0v) is 14.2. The largest absolute Gasteiger partial charge is 0.393 e. The first-order chi connectivity index (χ1) is 12.1. The first kappa shape index (κ1) is 17.3. The molecule has 1 amide bonds. The molecule has 2 aromatic rings. The molecule has 1 saturated carbocycles. The van der Waals surface area contributed by atoms with Crippen LogP contribution in [0, 0.1) is 5.92 Å². The molecule has 1 aliphatic carbocycles. The van der Waals surface area contributed by atoms with Gasteiger partial charge in [-0.25, -0.2) is 4.98 Å². The number of amides is 1. The standard InChI is InChI=1S/C20H22N2O3/c1-21-20(25)17-11-15(19(24)12-14-7-8-18(14)23)10-16(22-17)9-13-5-3-2-4-6-13/h2-6,10-11,14,18,23H,7-9,12H2,1H3,(H,21,25)/t14?,18-/m0/s1. The molecule has 1 heterocycles. The molecule has 0 bridgehead atoms. The first-order valence-corrected chi connectivity index (χ1v) is 8.55. The summed E-state index contributed by atoms with van der Waals surface area (Å²) in [6.07, 6.45) is 2.11. The molecule has 5 heteroatoms. The lowest BCUT2D eigenvalue weighted by Gasteiger charge is -2.31. The number of carbonyl (C=O) groups is 2. The van der Waals surface area contributed by atoms with Crippen LogP contribution in [-0.2, 0) is 6.42 Å². The molecule has 0 saturated heterocycles. The van der Waals surface area contributed by atoms with Crippen molar-refractivity contribution in [3.05, 3.63) is 65.0 Å². The number of aromatic nitrogens is 1. The minimum Gasteiger partial charge on any atom is -0.393 e. The molecule has 1 fully saturated rings. The van der Waals surface area contributed by atoms with Gasteiger partial charge >= 0.3 is 0 Å². The van der Waals surface area contributed by atoms with Crippen LogP contribution in [0.1, 0.15) is 51.4 Å². The van der Waals surface area contributed by atoms with E-state index in [1.54, 1.807) is 19.2 Å². The molecule has 0 spiro atoms. The van der Waals surface area contributed by atoms with Gasteiger partial charge in [0, 0.05) is 31.1 Å². The number of rotatable bonds is 6. The van der Waals surface area contributed by atoms with Gasteiger partial charge in [-0.2, -0.15) is 0 Å². The number of nitrogens with one attached hydrogen (secondary N) is 1. The number of pyridine rings is 1. The zero-order chi connectivity index (χ0) is 17.8. The van der Waals surface area contributed by atoms with Gasteiger partial charge in [0.05, 0.1) is 6.10 Å². The van der Waals surface area contributed by atoms with Gasteiger partial charge in [0.1, 0.15) is 5.69 Å². The Balaban J connectivity index is 1.86. The van der Waals surface area contributed by atoms with E-state index in [0.717, 1.165) is 18.4 Å². The average molecular weight is 338 g/mol. The summed E-state index contributed by atoms with van der Waals surface area (Å²) in [5.74, 6) is -0.333. The fraction of sp³-hybridized carbons (Fsp3) is 0.350. The van der Waals surface area contributed by atoms with Crippen LogP contribution in [0.15, 0.2) is 42.5 Å².